The molecule has 2 saturated carbocycles. The average molecular weight is 312 g/mol. The van der Waals surface area contributed by atoms with Gasteiger partial charge in [-0.3, -0.25) is 0 Å². The molecule has 3 nitrogen and oxygen atoms in total. The fourth-order valence-electron chi connectivity index (χ4n) is 4.43. The fourth-order valence-corrected chi connectivity index (χ4v) is 4.43. The minimum Gasteiger partial charge on any atom is -0.462 e. The summed E-state index contributed by atoms with van der Waals surface area (Å²) in [5.41, 5.74) is 2.75. The van der Waals surface area contributed by atoms with Gasteiger partial charge in [0.15, 0.2) is 0 Å². The highest BCUT2D eigenvalue weighted by Crippen LogP contribution is 2.56. The van der Waals surface area contributed by atoms with Gasteiger partial charge in [-0.25, -0.2) is 4.79 Å². The van der Waals surface area contributed by atoms with Gasteiger partial charge >= 0.3 is 5.97 Å². The second-order valence-corrected chi connectivity index (χ2v) is 7.06. The van der Waals surface area contributed by atoms with Crippen LogP contribution in [0, 0.1) is 18.8 Å². The number of ether oxygens (including phenoxy) is 1. The molecule has 0 bridgehead atoms. The number of esters is 1. The number of aryl methyl sites for hydroxylation is 1. The third-order valence-electron chi connectivity index (χ3n) is 5.64. The number of fused-ring (bicyclic) bond motifs is 1. The maximum absolute atomic E-state index is 12.2. The second-order valence-electron chi connectivity index (χ2n) is 7.06. The van der Waals surface area contributed by atoms with E-state index in [1.54, 1.807) is 0 Å². The van der Waals surface area contributed by atoms with E-state index < -0.39 is 0 Å². The predicted octanol–water partition coefficient (Wildman–Crippen LogP) is 5.21. The molecule has 2 aliphatic carbocycles. The minimum absolute atomic E-state index is 0.274. The van der Waals surface area contributed by atoms with Gasteiger partial charge in [0, 0.05) is 5.39 Å². The minimum atomic E-state index is -0.274. The van der Waals surface area contributed by atoms with Crippen molar-refractivity contribution in [2.45, 2.75) is 51.9 Å². The van der Waals surface area contributed by atoms with Gasteiger partial charge in [-0.1, -0.05) is 31.7 Å². The van der Waals surface area contributed by atoms with Crippen molar-refractivity contribution >= 4 is 16.9 Å². The second kappa shape index (κ2) is 5.70. The summed E-state index contributed by atoms with van der Waals surface area (Å²) in [6.45, 7) is 4.05. The maximum Gasteiger partial charge on any atom is 0.342 e. The smallest absolute Gasteiger partial charge is 0.342 e. The Labute approximate surface area is 137 Å². The number of carbonyl (C=O) groups excluding carboxylic acids is 1. The molecule has 0 aliphatic heterocycles. The van der Waals surface area contributed by atoms with Gasteiger partial charge in [-0.2, -0.15) is 0 Å². The van der Waals surface area contributed by atoms with Crippen LogP contribution in [-0.4, -0.2) is 12.6 Å². The summed E-state index contributed by atoms with van der Waals surface area (Å²) in [6.07, 6.45) is 6.92. The molecule has 2 aliphatic rings. The van der Waals surface area contributed by atoms with Crippen LogP contribution in [0.2, 0.25) is 0 Å². The first-order valence-corrected chi connectivity index (χ1v) is 8.89. The topological polar surface area (TPSA) is 39.4 Å². The van der Waals surface area contributed by atoms with Gasteiger partial charge < -0.3 is 9.15 Å². The van der Waals surface area contributed by atoms with Crippen LogP contribution in [0.4, 0.5) is 0 Å². The van der Waals surface area contributed by atoms with Gasteiger partial charge in [0.2, 0.25) is 0 Å². The van der Waals surface area contributed by atoms with Crippen molar-refractivity contribution in [2.24, 2.45) is 11.8 Å². The molecule has 4 rings (SSSR count). The van der Waals surface area contributed by atoms with Gasteiger partial charge in [-0.15, -0.1) is 0 Å². The van der Waals surface area contributed by atoms with E-state index in [1.807, 2.05) is 19.9 Å². The Bertz CT molecular complexity index is 737. The van der Waals surface area contributed by atoms with Crippen LogP contribution >= 0.6 is 0 Å². The molecule has 0 saturated heterocycles. The zero-order valence-corrected chi connectivity index (χ0v) is 13.9. The first-order valence-electron chi connectivity index (χ1n) is 8.89. The molecule has 1 aromatic carbocycles. The highest BCUT2D eigenvalue weighted by molar-refractivity contribution is 6.04. The lowest BCUT2D eigenvalue weighted by Gasteiger charge is -2.08. The molecule has 122 valence electrons. The number of benzene rings is 1. The molecule has 3 heteroatoms. The summed E-state index contributed by atoms with van der Waals surface area (Å²) in [5.74, 6) is 2.83. The predicted molar refractivity (Wildman–Crippen MR) is 89.7 cm³/mol. The van der Waals surface area contributed by atoms with E-state index in [0.29, 0.717) is 23.8 Å². The van der Waals surface area contributed by atoms with E-state index >= 15 is 0 Å². The largest absolute Gasteiger partial charge is 0.462 e. The van der Waals surface area contributed by atoms with E-state index in [9.17, 15) is 4.79 Å². The summed E-state index contributed by atoms with van der Waals surface area (Å²) < 4.78 is 10.9. The van der Waals surface area contributed by atoms with E-state index in [-0.39, 0.29) is 5.97 Å². The Morgan fingerprint density at radius 1 is 1.30 bits per heavy atom. The van der Waals surface area contributed by atoms with Crippen LogP contribution in [0.15, 0.2) is 22.6 Å². The highest BCUT2D eigenvalue weighted by atomic mass is 16.5. The van der Waals surface area contributed by atoms with Crippen molar-refractivity contribution < 1.29 is 13.9 Å². The fraction of sp³-hybridized carbons (Fsp3) is 0.550. The summed E-state index contributed by atoms with van der Waals surface area (Å²) in [5, 5.41) is 0.913. The lowest BCUT2D eigenvalue weighted by molar-refractivity contribution is 0.0526. The molecule has 23 heavy (non-hydrogen) atoms. The molecule has 1 heterocycles. The number of hydrogen-bond donors (Lipinski definition) is 0. The van der Waals surface area contributed by atoms with Gasteiger partial charge in [0.05, 0.1) is 6.61 Å². The molecule has 2 aromatic rings. The highest BCUT2D eigenvalue weighted by Gasteiger charge is 2.44. The van der Waals surface area contributed by atoms with Crippen LogP contribution in [0.3, 0.4) is 0 Å². The van der Waals surface area contributed by atoms with Crippen LogP contribution in [-0.2, 0) is 4.74 Å². The van der Waals surface area contributed by atoms with Crippen molar-refractivity contribution in [2.75, 3.05) is 6.61 Å². The molecule has 0 radical (unpaired) electrons. The number of hydrogen-bond acceptors (Lipinski definition) is 3. The van der Waals surface area contributed by atoms with Crippen molar-refractivity contribution in [3.05, 3.63) is 35.1 Å². The Hall–Kier alpha value is -1.77. The zero-order chi connectivity index (χ0) is 16.0. The van der Waals surface area contributed by atoms with Crippen molar-refractivity contribution in [1.82, 2.24) is 0 Å². The van der Waals surface area contributed by atoms with E-state index in [2.05, 4.69) is 12.1 Å². The van der Waals surface area contributed by atoms with Crippen molar-refractivity contribution in [1.29, 1.82) is 0 Å². The number of carbonyl (C=O) groups is 1. The first-order chi connectivity index (χ1) is 11.2. The van der Waals surface area contributed by atoms with Crippen LogP contribution in [0.1, 0.15) is 66.6 Å². The summed E-state index contributed by atoms with van der Waals surface area (Å²) >= 11 is 0. The normalized spacial score (nSPS) is 24.3. The molecular formula is C20H24O3. The third kappa shape index (κ3) is 2.56. The molecule has 1 aromatic heterocycles. The standard InChI is InChI=1S/C20H24O3/c1-3-22-20(21)19-12(2)23-18-9-8-14(10-17(18)19)16-11-15(16)13-6-4-5-7-13/h8-10,13,15-16H,3-7,11H2,1-2H3. The average Bonchev–Trinajstić information content (AvgIpc) is 3.00. The molecule has 2 atom stereocenters. The van der Waals surface area contributed by atoms with Crippen molar-refractivity contribution in [3.63, 3.8) is 0 Å². The Balaban J connectivity index is 1.65. The Morgan fingerprint density at radius 3 is 2.83 bits per heavy atom. The van der Waals surface area contributed by atoms with E-state index in [0.717, 1.165) is 22.8 Å². The summed E-state index contributed by atoms with van der Waals surface area (Å²) in [6, 6.07) is 6.36. The lowest BCUT2D eigenvalue weighted by Crippen LogP contribution is -2.05. The van der Waals surface area contributed by atoms with Crippen molar-refractivity contribution in [3.8, 4) is 0 Å². The number of furan rings is 1. The van der Waals surface area contributed by atoms with Gasteiger partial charge in [-0.05, 0) is 55.7 Å². The SMILES string of the molecule is CCOC(=O)c1c(C)oc2ccc(C3CC3C3CCCC3)cc12. The van der Waals surface area contributed by atoms with Crippen LogP contribution in [0.25, 0.3) is 11.0 Å². The Morgan fingerprint density at radius 2 is 2.09 bits per heavy atom. The number of rotatable bonds is 4. The molecular weight excluding hydrogens is 288 g/mol. The monoisotopic (exact) mass is 312 g/mol. The van der Waals surface area contributed by atoms with E-state index in [1.165, 1.54) is 37.7 Å². The Kier molecular flexibility index (Phi) is 3.67. The molecule has 2 unspecified atom stereocenters. The van der Waals surface area contributed by atoms with E-state index in [4.69, 9.17) is 9.15 Å². The maximum atomic E-state index is 12.2. The third-order valence-corrected chi connectivity index (χ3v) is 5.64. The molecule has 0 N–H and O–H groups in total. The van der Waals surface area contributed by atoms with Gasteiger partial charge in [0.1, 0.15) is 16.9 Å². The molecule has 0 amide bonds. The quantitative estimate of drug-likeness (QED) is 0.727. The zero-order valence-electron chi connectivity index (χ0n) is 13.9. The lowest BCUT2D eigenvalue weighted by atomic mass is 9.97. The molecule has 2 fully saturated rings. The summed E-state index contributed by atoms with van der Waals surface area (Å²) in [4.78, 5) is 12.2. The molecule has 0 spiro atoms. The van der Waals surface area contributed by atoms with Gasteiger partial charge in [0.25, 0.3) is 0 Å². The van der Waals surface area contributed by atoms with Crippen LogP contribution < -0.4 is 0 Å². The first kappa shape index (κ1) is 14.8. The van der Waals surface area contributed by atoms with Crippen LogP contribution in [0.5, 0.6) is 0 Å². The summed E-state index contributed by atoms with van der Waals surface area (Å²) in [7, 11) is 0.